The molecule has 0 N–H and O–H groups in total. The summed E-state index contributed by atoms with van der Waals surface area (Å²) in [7, 11) is 4.49. The predicted molar refractivity (Wildman–Crippen MR) is 50.0 cm³/mol. The molecule has 0 aliphatic heterocycles. The molecule has 2 radical (unpaired) electrons. The van der Waals surface area contributed by atoms with Crippen LogP contribution in [0.4, 0.5) is 4.79 Å². The molecule has 0 unspecified atom stereocenters. The van der Waals surface area contributed by atoms with E-state index in [2.05, 4.69) is 22.2 Å². The minimum Gasteiger partial charge on any atom is -0.513 e. The molecule has 5 nitrogen and oxygen atoms in total. The lowest BCUT2D eigenvalue weighted by atomic mass is 10.2. The van der Waals surface area contributed by atoms with Gasteiger partial charge in [-0.05, 0) is 12.1 Å². The van der Waals surface area contributed by atoms with Crippen molar-refractivity contribution in [2.45, 2.75) is 0 Å². The molecule has 0 aliphatic rings. The molecule has 1 aromatic carbocycles. The normalized spacial score (nSPS) is 9.07. The molecule has 0 fully saturated rings. The molecule has 0 heterocycles. The molecule has 0 amide bonds. The van der Waals surface area contributed by atoms with Crippen molar-refractivity contribution in [1.82, 2.24) is 0 Å². The summed E-state index contributed by atoms with van der Waals surface area (Å²) in [6, 6.07) is 8.28. The van der Waals surface area contributed by atoms with Crippen LogP contribution in [0, 0.1) is 0 Å². The molecule has 1 aromatic rings. The summed E-state index contributed by atoms with van der Waals surface area (Å²) in [4.78, 5) is 21.6. The van der Waals surface area contributed by atoms with Crippen molar-refractivity contribution in [1.29, 1.82) is 0 Å². The van der Waals surface area contributed by atoms with Crippen LogP contribution < -0.4 is 0 Å². The third kappa shape index (κ3) is 3.72. The van der Waals surface area contributed by atoms with E-state index < -0.39 is 18.9 Å². The molecule has 0 atom stereocenters. The summed E-state index contributed by atoms with van der Waals surface area (Å²) in [6.07, 6.45) is -1.11. The van der Waals surface area contributed by atoms with E-state index in [0.29, 0.717) is 5.56 Å². The van der Waals surface area contributed by atoms with Crippen molar-refractivity contribution < 1.29 is 23.7 Å². The monoisotopic (exact) mass is 206 g/mol. The Morgan fingerprint density at radius 2 is 1.80 bits per heavy atom. The van der Waals surface area contributed by atoms with Crippen LogP contribution in [0.25, 0.3) is 0 Å². The largest absolute Gasteiger partial charge is 0.513 e. The van der Waals surface area contributed by atoms with Crippen molar-refractivity contribution in [3.05, 3.63) is 35.9 Å². The molecule has 0 saturated heterocycles. The molecule has 1 rings (SSSR count). The SMILES string of the molecule is [B]OC(=O)OCOC(=O)c1ccccc1. The highest BCUT2D eigenvalue weighted by molar-refractivity contribution is 6.04. The Kier molecular flexibility index (Phi) is 4.21. The lowest BCUT2D eigenvalue weighted by Crippen LogP contribution is -2.13. The highest BCUT2D eigenvalue weighted by atomic mass is 16.8. The Hall–Kier alpha value is -1.98. The summed E-state index contributed by atoms with van der Waals surface area (Å²) in [6.45, 7) is -0.538. The van der Waals surface area contributed by atoms with Crippen molar-refractivity contribution in [3.8, 4) is 0 Å². The Labute approximate surface area is 87.4 Å². The van der Waals surface area contributed by atoms with E-state index in [1.807, 2.05) is 0 Å². The van der Waals surface area contributed by atoms with Crippen LogP contribution in [0.3, 0.4) is 0 Å². The highest BCUT2D eigenvalue weighted by Gasteiger charge is 2.07. The van der Waals surface area contributed by atoms with Gasteiger partial charge in [-0.3, -0.25) is 0 Å². The molecule has 0 bridgehead atoms. The van der Waals surface area contributed by atoms with Crippen LogP contribution in [-0.2, 0) is 14.1 Å². The number of carbonyl (C=O) groups is 2. The molecular weight excluding hydrogens is 199 g/mol. The molecule has 0 saturated carbocycles. The van der Waals surface area contributed by atoms with Crippen LogP contribution in [0.2, 0.25) is 0 Å². The smallest absolute Gasteiger partial charge is 0.492 e. The van der Waals surface area contributed by atoms with Crippen LogP contribution in [0.1, 0.15) is 10.4 Å². The van der Waals surface area contributed by atoms with Gasteiger partial charge >= 0.3 is 20.2 Å². The van der Waals surface area contributed by atoms with Gasteiger partial charge in [0.25, 0.3) is 0 Å². The minimum absolute atomic E-state index is 0.363. The third-order valence-corrected chi connectivity index (χ3v) is 1.47. The van der Waals surface area contributed by atoms with Crippen LogP contribution in [0.5, 0.6) is 0 Å². The maximum atomic E-state index is 11.2. The highest BCUT2D eigenvalue weighted by Crippen LogP contribution is 2.00. The molecule has 6 heteroatoms. The van der Waals surface area contributed by atoms with Gasteiger partial charge in [0.05, 0.1) is 5.56 Å². The lowest BCUT2D eigenvalue weighted by Gasteiger charge is -2.04. The standard InChI is InChI=1S/C9H7BO5/c10-15-9(12)14-6-13-8(11)7-4-2-1-3-5-7/h1-5H,6H2. The topological polar surface area (TPSA) is 61.8 Å². The van der Waals surface area contributed by atoms with Gasteiger partial charge in [-0.1, -0.05) is 18.2 Å². The average Bonchev–Trinajstić information content (AvgIpc) is 2.29. The number of hydrogen-bond donors (Lipinski definition) is 0. The zero-order valence-corrected chi connectivity index (χ0v) is 7.71. The zero-order valence-electron chi connectivity index (χ0n) is 7.71. The molecule has 15 heavy (non-hydrogen) atoms. The number of benzene rings is 1. The van der Waals surface area contributed by atoms with Crippen LogP contribution in [-0.4, -0.2) is 27.0 Å². The maximum absolute atomic E-state index is 11.2. The number of rotatable bonds is 3. The molecular formula is C9H7BO5. The van der Waals surface area contributed by atoms with E-state index in [1.54, 1.807) is 30.3 Å². The van der Waals surface area contributed by atoms with E-state index in [0.717, 1.165) is 0 Å². The second-order valence-corrected chi connectivity index (χ2v) is 2.43. The summed E-state index contributed by atoms with van der Waals surface area (Å²) in [5.41, 5.74) is 0.363. The summed E-state index contributed by atoms with van der Waals surface area (Å²) < 4.78 is 12.5. The van der Waals surface area contributed by atoms with Gasteiger partial charge < -0.3 is 14.1 Å². The Morgan fingerprint density at radius 1 is 1.13 bits per heavy atom. The fourth-order valence-corrected chi connectivity index (χ4v) is 0.823. The molecule has 76 valence electrons. The minimum atomic E-state index is -1.11. The summed E-state index contributed by atoms with van der Waals surface area (Å²) in [5.74, 6) is -0.597. The predicted octanol–water partition coefficient (Wildman–Crippen LogP) is 1.04. The second-order valence-electron chi connectivity index (χ2n) is 2.43. The third-order valence-electron chi connectivity index (χ3n) is 1.47. The first kappa shape index (κ1) is 11.1. The maximum Gasteiger partial charge on any atom is 0.492 e. The van der Waals surface area contributed by atoms with Gasteiger partial charge in [-0.2, -0.15) is 0 Å². The second kappa shape index (κ2) is 5.69. The molecule has 0 spiro atoms. The molecule has 0 aromatic heterocycles. The number of carbonyl (C=O) groups excluding carboxylic acids is 2. The van der Waals surface area contributed by atoms with Gasteiger partial charge in [-0.15, -0.1) is 0 Å². The van der Waals surface area contributed by atoms with E-state index in [1.165, 1.54) is 0 Å². The van der Waals surface area contributed by atoms with Crippen molar-refractivity contribution in [3.63, 3.8) is 0 Å². The van der Waals surface area contributed by atoms with Gasteiger partial charge in [0, 0.05) is 0 Å². The fraction of sp³-hybridized carbons (Fsp3) is 0.111. The summed E-state index contributed by atoms with van der Waals surface area (Å²) in [5, 5.41) is 0. The number of esters is 1. The summed E-state index contributed by atoms with van der Waals surface area (Å²) >= 11 is 0. The van der Waals surface area contributed by atoms with Gasteiger partial charge in [0.2, 0.25) is 6.79 Å². The first-order valence-corrected chi connectivity index (χ1v) is 3.99. The Balaban J connectivity index is 2.34. The first-order valence-electron chi connectivity index (χ1n) is 3.99. The van der Waals surface area contributed by atoms with Crippen molar-refractivity contribution >= 4 is 20.2 Å². The Bertz CT molecular complexity index is 338. The van der Waals surface area contributed by atoms with Crippen LogP contribution >= 0.6 is 0 Å². The Morgan fingerprint density at radius 3 is 2.40 bits per heavy atom. The van der Waals surface area contributed by atoms with Gasteiger partial charge in [-0.25, -0.2) is 9.59 Å². The zero-order chi connectivity index (χ0) is 11.1. The van der Waals surface area contributed by atoms with Crippen molar-refractivity contribution in [2.24, 2.45) is 0 Å². The first-order chi connectivity index (χ1) is 7.24. The van der Waals surface area contributed by atoms with E-state index >= 15 is 0 Å². The molecule has 0 aliphatic carbocycles. The van der Waals surface area contributed by atoms with E-state index in [-0.39, 0.29) is 0 Å². The average molecular weight is 206 g/mol. The van der Waals surface area contributed by atoms with Gasteiger partial charge in [0.15, 0.2) is 0 Å². The quantitative estimate of drug-likeness (QED) is 0.420. The van der Waals surface area contributed by atoms with Crippen LogP contribution in [0.15, 0.2) is 30.3 Å². The van der Waals surface area contributed by atoms with E-state index in [4.69, 9.17) is 0 Å². The van der Waals surface area contributed by atoms with Crippen molar-refractivity contribution in [2.75, 3.05) is 6.79 Å². The van der Waals surface area contributed by atoms with E-state index in [9.17, 15) is 9.59 Å². The number of hydrogen-bond acceptors (Lipinski definition) is 5. The fourth-order valence-electron chi connectivity index (χ4n) is 0.823. The number of ether oxygens (including phenoxy) is 2. The lowest BCUT2D eigenvalue weighted by molar-refractivity contribution is -0.0135. The van der Waals surface area contributed by atoms with Gasteiger partial charge in [0.1, 0.15) is 0 Å².